The van der Waals surface area contributed by atoms with Crippen molar-refractivity contribution in [2.75, 3.05) is 5.73 Å². The molecule has 5 rings (SSSR count). The third-order valence-electron chi connectivity index (χ3n) is 5.49. The van der Waals surface area contributed by atoms with E-state index in [0.29, 0.717) is 17.4 Å². The Morgan fingerprint density at radius 2 is 2.12 bits per heavy atom. The highest BCUT2D eigenvalue weighted by molar-refractivity contribution is 5.62. The van der Waals surface area contributed by atoms with Crippen LogP contribution in [-0.4, -0.2) is 19.6 Å². The summed E-state index contributed by atoms with van der Waals surface area (Å²) in [5.41, 5.74) is 4.97. The van der Waals surface area contributed by atoms with Gasteiger partial charge in [0.05, 0.1) is 11.3 Å². The van der Waals surface area contributed by atoms with E-state index in [2.05, 4.69) is 9.97 Å². The molecule has 3 N–H and O–H groups in total. The van der Waals surface area contributed by atoms with Crippen LogP contribution in [0.2, 0.25) is 0 Å². The highest BCUT2D eigenvalue weighted by Crippen LogP contribution is 2.57. The second kappa shape index (κ2) is 5.20. The second-order valence-electron chi connectivity index (χ2n) is 7.22. The van der Waals surface area contributed by atoms with Crippen molar-refractivity contribution in [2.24, 2.45) is 5.92 Å². The van der Waals surface area contributed by atoms with Gasteiger partial charge in [0, 0.05) is 23.5 Å². The van der Waals surface area contributed by atoms with E-state index >= 15 is 0 Å². The Hall–Kier alpha value is -2.09. The first-order chi connectivity index (χ1) is 11.7. The minimum absolute atomic E-state index is 0.0453. The van der Waals surface area contributed by atoms with Crippen molar-refractivity contribution in [1.82, 2.24) is 14.5 Å². The maximum absolute atomic E-state index is 13.1. The predicted molar refractivity (Wildman–Crippen MR) is 85.4 cm³/mol. The Balaban J connectivity index is 1.79. The minimum atomic E-state index is -4.58. The lowest BCUT2D eigenvalue weighted by atomic mass is 9.76. The number of halogens is 3. The molecule has 3 fully saturated rings. The molecule has 2 aromatic rings. The SMILES string of the molecule is C[C@H](O)c1nc(-c2cnc(N)c(C(F)(F)F)c2)cn1C12CCC(C1)C2. The molecular weight excluding hydrogens is 333 g/mol. The molecule has 0 amide bonds. The molecule has 0 saturated heterocycles. The Bertz CT molecular complexity index is 816. The molecular formula is C17H19F3N4O. The van der Waals surface area contributed by atoms with Crippen LogP contribution in [0, 0.1) is 5.92 Å². The van der Waals surface area contributed by atoms with Crippen LogP contribution in [0.5, 0.6) is 0 Å². The second-order valence-corrected chi connectivity index (χ2v) is 7.22. The van der Waals surface area contributed by atoms with Gasteiger partial charge in [0.25, 0.3) is 0 Å². The fourth-order valence-electron chi connectivity index (χ4n) is 4.26. The summed E-state index contributed by atoms with van der Waals surface area (Å²) >= 11 is 0. The van der Waals surface area contributed by atoms with E-state index < -0.39 is 23.7 Å². The van der Waals surface area contributed by atoms with Gasteiger partial charge >= 0.3 is 6.18 Å². The summed E-state index contributed by atoms with van der Waals surface area (Å²) in [6.45, 7) is 1.62. The zero-order chi connectivity index (χ0) is 18.0. The van der Waals surface area contributed by atoms with E-state index in [0.717, 1.165) is 31.7 Å². The number of rotatable bonds is 3. The van der Waals surface area contributed by atoms with Crippen molar-refractivity contribution in [2.45, 2.75) is 50.4 Å². The molecule has 0 radical (unpaired) electrons. The van der Waals surface area contributed by atoms with Crippen LogP contribution in [0.3, 0.4) is 0 Å². The molecule has 8 heteroatoms. The number of hydrogen-bond acceptors (Lipinski definition) is 4. The van der Waals surface area contributed by atoms with Crippen LogP contribution in [-0.2, 0) is 11.7 Å². The summed E-state index contributed by atoms with van der Waals surface area (Å²) in [4.78, 5) is 8.09. The molecule has 0 aliphatic heterocycles. The number of aromatic nitrogens is 3. The summed E-state index contributed by atoms with van der Waals surface area (Å²) < 4.78 is 41.2. The van der Waals surface area contributed by atoms with Crippen molar-refractivity contribution in [3.63, 3.8) is 0 Å². The number of imidazole rings is 1. The molecule has 2 heterocycles. The monoisotopic (exact) mass is 352 g/mol. The van der Waals surface area contributed by atoms with Gasteiger partial charge in [-0.2, -0.15) is 13.2 Å². The lowest BCUT2D eigenvalue weighted by Crippen LogP contribution is -2.39. The Kier molecular flexibility index (Phi) is 3.41. The normalized spacial score (nSPS) is 26.5. The zero-order valence-electron chi connectivity index (χ0n) is 13.7. The number of anilines is 1. The number of nitrogens with zero attached hydrogens (tertiary/aromatic N) is 3. The van der Waals surface area contributed by atoms with Crippen LogP contribution >= 0.6 is 0 Å². The van der Waals surface area contributed by atoms with Gasteiger partial charge in [-0.1, -0.05) is 0 Å². The number of fused-ring (bicyclic) bond motifs is 1. The lowest BCUT2D eigenvalue weighted by molar-refractivity contribution is -0.137. The number of aliphatic hydroxyl groups excluding tert-OH is 1. The molecule has 1 atom stereocenters. The molecule has 2 aromatic heterocycles. The van der Waals surface area contributed by atoms with Crippen molar-refractivity contribution in [1.29, 1.82) is 0 Å². The molecule has 25 heavy (non-hydrogen) atoms. The first-order valence-electron chi connectivity index (χ1n) is 8.30. The smallest absolute Gasteiger partial charge is 0.385 e. The van der Waals surface area contributed by atoms with Gasteiger partial charge in [-0.3, -0.25) is 0 Å². The molecule has 2 bridgehead atoms. The van der Waals surface area contributed by atoms with Crippen molar-refractivity contribution in [3.8, 4) is 11.3 Å². The third kappa shape index (κ3) is 2.50. The average molecular weight is 352 g/mol. The van der Waals surface area contributed by atoms with Gasteiger partial charge in [0.1, 0.15) is 17.7 Å². The van der Waals surface area contributed by atoms with E-state index in [9.17, 15) is 18.3 Å². The Labute approximate surface area is 142 Å². The van der Waals surface area contributed by atoms with Gasteiger partial charge in [-0.25, -0.2) is 9.97 Å². The quantitative estimate of drug-likeness (QED) is 0.886. The number of hydrogen-bond donors (Lipinski definition) is 2. The molecule has 5 nitrogen and oxygen atoms in total. The van der Waals surface area contributed by atoms with Crippen LogP contribution in [0.4, 0.5) is 19.0 Å². The fraction of sp³-hybridized carbons (Fsp3) is 0.529. The van der Waals surface area contributed by atoms with Crippen molar-refractivity contribution in [3.05, 3.63) is 29.8 Å². The maximum Gasteiger partial charge on any atom is 0.419 e. The minimum Gasteiger partial charge on any atom is -0.385 e. The first-order valence-corrected chi connectivity index (χ1v) is 8.30. The summed E-state index contributed by atoms with van der Waals surface area (Å²) in [7, 11) is 0. The molecule has 3 aliphatic carbocycles. The van der Waals surface area contributed by atoms with Gasteiger partial charge in [-0.15, -0.1) is 0 Å². The van der Waals surface area contributed by atoms with E-state index in [1.54, 1.807) is 13.1 Å². The number of pyridine rings is 1. The number of nitrogen functional groups attached to an aromatic ring is 1. The van der Waals surface area contributed by atoms with Crippen molar-refractivity contribution < 1.29 is 18.3 Å². The van der Waals surface area contributed by atoms with E-state index in [1.165, 1.54) is 6.20 Å². The van der Waals surface area contributed by atoms with E-state index in [1.807, 2.05) is 4.57 Å². The van der Waals surface area contributed by atoms with Crippen LogP contribution < -0.4 is 5.73 Å². The largest absolute Gasteiger partial charge is 0.419 e. The predicted octanol–water partition coefficient (Wildman–Crippen LogP) is 3.50. The molecule has 0 spiro atoms. The number of aliphatic hydroxyl groups is 1. The van der Waals surface area contributed by atoms with Gasteiger partial charge < -0.3 is 15.4 Å². The van der Waals surface area contributed by atoms with Gasteiger partial charge in [0.2, 0.25) is 0 Å². The van der Waals surface area contributed by atoms with E-state index in [4.69, 9.17) is 5.73 Å². The van der Waals surface area contributed by atoms with Gasteiger partial charge in [0.15, 0.2) is 0 Å². The van der Waals surface area contributed by atoms with Crippen molar-refractivity contribution >= 4 is 5.82 Å². The summed E-state index contributed by atoms with van der Waals surface area (Å²) in [6, 6.07) is 0.969. The Morgan fingerprint density at radius 1 is 1.40 bits per heavy atom. The summed E-state index contributed by atoms with van der Waals surface area (Å²) in [5.74, 6) is 0.645. The zero-order valence-corrected chi connectivity index (χ0v) is 13.7. The molecule has 0 aromatic carbocycles. The summed E-state index contributed by atoms with van der Waals surface area (Å²) in [5, 5.41) is 10.1. The molecule has 3 aliphatic rings. The number of alkyl halides is 3. The summed E-state index contributed by atoms with van der Waals surface area (Å²) in [6.07, 6.45) is 1.90. The number of nitrogens with two attached hydrogens (primary N) is 1. The third-order valence-corrected chi connectivity index (χ3v) is 5.49. The molecule has 134 valence electrons. The first kappa shape index (κ1) is 16.4. The van der Waals surface area contributed by atoms with Crippen LogP contribution in [0.15, 0.2) is 18.5 Å². The van der Waals surface area contributed by atoms with E-state index in [-0.39, 0.29) is 11.1 Å². The van der Waals surface area contributed by atoms with Crippen LogP contribution in [0.25, 0.3) is 11.3 Å². The van der Waals surface area contributed by atoms with Gasteiger partial charge in [-0.05, 0) is 44.6 Å². The standard InChI is InChI=1S/C17H19F3N4O/c1-9(25)15-23-13(8-24(15)16-3-2-10(5-16)6-16)11-4-12(17(18,19)20)14(21)22-7-11/h4,7-10,25H,2-3,5-6H2,1H3,(H2,21,22)/t9-,10?,16?/m0/s1. The molecule has 0 unspecified atom stereocenters. The highest BCUT2D eigenvalue weighted by atomic mass is 19.4. The lowest BCUT2D eigenvalue weighted by Gasteiger charge is -2.41. The Morgan fingerprint density at radius 3 is 2.68 bits per heavy atom. The molecule has 3 saturated carbocycles. The average Bonchev–Trinajstić information content (AvgIpc) is 3.19. The fourth-order valence-corrected chi connectivity index (χ4v) is 4.26. The maximum atomic E-state index is 13.1. The van der Waals surface area contributed by atoms with Crippen LogP contribution in [0.1, 0.15) is 50.1 Å². The topological polar surface area (TPSA) is 77.0 Å². The highest BCUT2D eigenvalue weighted by Gasteiger charge is 2.52.